The molecule has 0 aromatic carbocycles. The van der Waals surface area contributed by atoms with Crippen molar-refractivity contribution in [1.29, 1.82) is 0 Å². The van der Waals surface area contributed by atoms with E-state index in [1.807, 2.05) is 0 Å². The van der Waals surface area contributed by atoms with Crippen molar-refractivity contribution in [2.24, 2.45) is 5.41 Å². The Labute approximate surface area is 104 Å². The Morgan fingerprint density at radius 2 is 2.38 bits per heavy atom. The van der Waals surface area contributed by atoms with Crippen LogP contribution in [-0.2, 0) is 0 Å². The van der Waals surface area contributed by atoms with Crippen LogP contribution in [0.2, 0.25) is 0 Å². The molecular formula is C11H18BrN3O. The van der Waals surface area contributed by atoms with Crippen LogP contribution in [0, 0.1) is 5.41 Å². The van der Waals surface area contributed by atoms with Crippen LogP contribution in [0.1, 0.15) is 37.2 Å². The van der Waals surface area contributed by atoms with Gasteiger partial charge in [-0.15, -0.1) is 0 Å². The smallest absolute Gasteiger partial charge is 0.269 e. The van der Waals surface area contributed by atoms with E-state index < -0.39 is 0 Å². The molecule has 1 heterocycles. The van der Waals surface area contributed by atoms with Crippen molar-refractivity contribution in [2.75, 3.05) is 11.9 Å². The van der Waals surface area contributed by atoms with Crippen LogP contribution in [0.4, 0.5) is 0 Å². The summed E-state index contributed by atoms with van der Waals surface area (Å²) in [6, 6.07) is 1.67. The molecule has 0 spiro atoms. The van der Waals surface area contributed by atoms with E-state index in [1.54, 1.807) is 12.3 Å². The molecule has 0 aliphatic heterocycles. The quantitative estimate of drug-likeness (QED) is 0.789. The Balaban J connectivity index is 2.36. The molecule has 4 nitrogen and oxygen atoms in total. The fourth-order valence-corrected chi connectivity index (χ4v) is 1.71. The van der Waals surface area contributed by atoms with Gasteiger partial charge in [-0.3, -0.25) is 9.89 Å². The average Bonchev–Trinajstić information content (AvgIpc) is 2.77. The monoisotopic (exact) mass is 287 g/mol. The van der Waals surface area contributed by atoms with Crippen molar-refractivity contribution in [3.05, 3.63) is 18.0 Å². The van der Waals surface area contributed by atoms with Gasteiger partial charge in [0.15, 0.2) is 0 Å². The van der Waals surface area contributed by atoms with Gasteiger partial charge >= 0.3 is 0 Å². The lowest BCUT2D eigenvalue weighted by atomic mass is 9.88. The summed E-state index contributed by atoms with van der Waals surface area (Å²) in [6.07, 6.45) is 3.78. The Hall–Kier alpha value is -0.840. The number of hydrogen-bond donors (Lipinski definition) is 2. The van der Waals surface area contributed by atoms with E-state index in [-0.39, 0.29) is 11.3 Å². The number of carbonyl (C=O) groups is 1. The van der Waals surface area contributed by atoms with Crippen LogP contribution in [-0.4, -0.2) is 28.0 Å². The number of aromatic nitrogens is 2. The highest BCUT2D eigenvalue weighted by Gasteiger charge is 2.18. The van der Waals surface area contributed by atoms with E-state index in [2.05, 4.69) is 45.3 Å². The number of halogens is 1. The number of H-pyrrole nitrogens is 1. The number of carbonyl (C=O) groups excluding carboxylic acids is 1. The van der Waals surface area contributed by atoms with Gasteiger partial charge in [0.1, 0.15) is 5.69 Å². The number of rotatable bonds is 6. The first-order valence-electron chi connectivity index (χ1n) is 5.39. The van der Waals surface area contributed by atoms with E-state index in [0.717, 1.165) is 18.2 Å². The van der Waals surface area contributed by atoms with Gasteiger partial charge in [0.05, 0.1) is 0 Å². The second-order valence-electron chi connectivity index (χ2n) is 4.61. The summed E-state index contributed by atoms with van der Waals surface area (Å²) in [5.74, 6) is -0.0931. The molecule has 16 heavy (non-hydrogen) atoms. The number of nitrogens with one attached hydrogen (secondary N) is 2. The maximum atomic E-state index is 11.6. The second kappa shape index (κ2) is 6.03. The highest BCUT2D eigenvalue weighted by Crippen LogP contribution is 2.21. The van der Waals surface area contributed by atoms with Gasteiger partial charge in [-0.05, 0) is 24.3 Å². The summed E-state index contributed by atoms with van der Waals surface area (Å²) < 4.78 is 0. The minimum Gasteiger partial charge on any atom is -0.350 e. The molecule has 1 rings (SSSR count). The van der Waals surface area contributed by atoms with Gasteiger partial charge in [0.25, 0.3) is 5.91 Å². The lowest BCUT2D eigenvalue weighted by Crippen LogP contribution is -2.34. The van der Waals surface area contributed by atoms with Crippen molar-refractivity contribution in [2.45, 2.75) is 26.7 Å². The van der Waals surface area contributed by atoms with Gasteiger partial charge < -0.3 is 5.32 Å². The van der Waals surface area contributed by atoms with Crippen molar-refractivity contribution < 1.29 is 4.79 Å². The molecule has 0 unspecified atom stereocenters. The molecule has 2 N–H and O–H groups in total. The summed E-state index contributed by atoms with van der Waals surface area (Å²) >= 11 is 3.41. The van der Waals surface area contributed by atoms with E-state index in [1.165, 1.54) is 0 Å². The molecule has 0 fully saturated rings. The summed E-state index contributed by atoms with van der Waals surface area (Å²) in [4.78, 5) is 11.6. The average molecular weight is 288 g/mol. The van der Waals surface area contributed by atoms with E-state index >= 15 is 0 Å². The van der Waals surface area contributed by atoms with Crippen LogP contribution >= 0.6 is 15.9 Å². The minimum absolute atomic E-state index is 0.0931. The lowest BCUT2D eigenvalue weighted by molar-refractivity contribution is 0.0929. The van der Waals surface area contributed by atoms with Crippen molar-refractivity contribution in [1.82, 2.24) is 15.5 Å². The normalized spacial score (nSPS) is 11.4. The third-order valence-corrected chi connectivity index (χ3v) is 3.02. The lowest BCUT2D eigenvalue weighted by Gasteiger charge is -2.24. The number of nitrogens with zero attached hydrogens (tertiary/aromatic N) is 1. The number of aromatic amines is 1. The maximum Gasteiger partial charge on any atom is 0.269 e. The summed E-state index contributed by atoms with van der Waals surface area (Å²) in [6.45, 7) is 4.99. The van der Waals surface area contributed by atoms with Crippen LogP contribution in [0.25, 0.3) is 0 Å². The largest absolute Gasteiger partial charge is 0.350 e. The van der Waals surface area contributed by atoms with Crippen LogP contribution < -0.4 is 5.32 Å². The molecule has 0 atom stereocenters. The highest BCUT2D eigenvalue weighted by molar-refractivity contribution is 9.09. The topological polar surface area (TPSA) is 57.8 Å². The molecule has 0 aliphatic rings. The van der Waals surface area contributed by atoms with E-state index in [0.29, 0.717) is 12.2 Å². The fraction of sp³-hybridized carbons (Fsp3) is 0.636. The minimum atomic E-state index is -0.0931. The van der Waals surface area contributed by atoms with Crippen molar-refractivity contribution >= 4 is 21.8 Å². The summed E-state index contributed by atoms with van der Waals surface area (Å²) in [7, 11) is 0. The molecule has 0 saturated carbocycles. The van der Waals surface area contributed by atoms with Crippen LogP contribution in [0.15, 0.2) is 12.3 Å². The third kappa shape index (κ3) is 4.35. The van der Waals surface area contributed by atoms with Crippen LogP contribution in [0.5, 0.6) is 0 Å². The van der Waals surface area contributed by atoms with E-state index in [4.69, 9.17) is 0 Å². The molecule has 1 amide bonds. The molecule has 5 heteroatoms. The van der Waals surface area contributed by atoms with Gasteiger partial charge in [0.2, 0.25) is 0 Å². The summed E-state index contributed by atoms with van der Waals surface area (Å²) in [5, 5.41) is 10.3. The zero-order valence-electron chi connectivity index (χ0n) is 9.72. The molecule has 90 valence electrons. The number of alkyl halides is 1. The highest BCUT2D eigenvalue weighted by atomic mass is 79.9. The zero-order chi connectivity index (χ0) is 12.0. The SMILES string of the molecule is CC(C)(CCCBr)CNC(=O)c1ccn[nH]1. The van der Waals surface area contributed by atoms with Crippen LogP contribution in [0.3, 0.4) is 0 Å². The van der Waals surface area contributed by atoms with Crippen molar-refractivity contribution in [3.63, 3.8) is 0 Å². The number of amides is 1. The van der Waals surface area contributed by atoms with Gasteiger partial charge in [-0.2, -0.15) is 5.10 Å². The first-order chi connectivity index (χ1) is 7.55. The molecule has 0 radical (unpaired) electrons. The number of hydrogen-bond acceptors (Lipinski definition) is 2. The predicted octanol–water partition coefficient (Wildman–Crippen LogP) is 2.34. The standard InChI is InChI=1S/C11H18BrN3O/c1-11(2,5-3-6-12)8-13-10(16)9-4-7-14-15-9/h4,7H,3,5-6,8H2,1-2H3,(H,13,16)(H,14,15). The molecule has 1 aromatic rings. The van der Waals surface area contributed by atoms with Gasteiger partial charge in [-0.1, -0.05) is 29.8 Å². The van der Waals surface area contributed by atoms with Crippen molar-refractivity contribution in [3.8, 4) is 0 Å². The molecule has 0 aliphatic carbocycles. The second-order valence-corrected chi connectivity index (χ2v) is 5.40. The Kier molecular flexibility index (Phi) is 4.99. The van der Waals surface area contributed by atoms with Gasteiger partial charge in [0, 0.05) is 18.1 Å². The first kappa shape index (κ1) is 13.2. The Morgan fingerprint density at radius 1 is 1.62 bits per heavy atom. The van der Waals surface area contributed by atoms with Gasteiger partial charge in [-0.25, -0.2) is 0 Å². The Morgan fingerprint density at radius 3 is 2.94 bits per heavy atom. The molecular weight excluding hydrogens is 270 g/mol. The molecule has 1 aromatic heterocycles. The molecule has 0 bridgehead atoms. The third-order valence-electron chi connectivity index (χ3n) is 2.46. The predicted molar refractivity (Wildman–Crippen MR) is 67.7 cm³/mol. The fourth-order valence-electron chi connectivity index (χ4n) is 1.43. The van der Waals surface area contributed by atoms with E-state index in [9.17, 15) is 4.79 Å². The maximum absolute atomic E-state index is 11.6. The Bertz CT molecular complexity index is 322. The summed E-state index contributed by atoms with van der Waals surface area (Å²) in [5.41, 5.74) is 0.639. The first-order valence-corrected chi connectivity index (χ1v) is 6.51. The molecule has 0 saturated heterocycles. The zero-order valence-corrected chi connectivity index (χ0v) is 11.3.